The summed E-state index contributed by atoms with van der Waals surface area (Å²) in [5.41, 5.74) is 0. The Labute approximate surface area is 103 Å². The predicted molar refractivity (Wildman–Crippen MR) is 57.3 cm³/mol. The number of hydrogen-bond donors (Lipinski definition) is 1. The monoisotopic (exact) mass is 264 g/mol. The Morgan fingerprint density at radius 2 is 2.24 bits per heavy atom. The smallest absolute Gasteiger partial charge is 0.321 e. The summed E-state index contributed by atoms with van der Waals surface area (Å²) in [5.74, 6) is -1.43. The number of esters is 2. The summed E-state index contributed by atoms with van der Waals surface area (Å²) in [5, 5.41) is 9.80. The van der Waals surface area contributed by atoms with E-state index in [4.69, 9.17) is 25.8 Å². The van der Waals surface area contributed by atoms with Gasteiger partial charge in [0.05, 0.1) is 6.26 Å². The van der Waals surface area contributed by atoms with Crippen molar-refractivity contribution in [2.45, 2.75) is 25.2 Å². The van der Waals surface area contributed by atoms with E-state index < -0.39 is 30.3 Å². The van der Waals surface area contributed by atoms with E-state index in [0.29, 0.717) is 0 Å². The molecule has 3 atom stereocenters. The van der Waals surface area contributed by atoms with Crippen molar-refractivity contribution in [1.29, 1.82) is 0 Å². The van der Waals surface area contributed by atoms with Crippen LogP contribution >= 0.6 is 11.6 Å². The Morgan fingerprint density at radius 3 is 2.82 bits per heavy atom. The first kappa shape index (κ1) is 13.8. The van der Waals surface area contributed by atoms with Crippen LogP contribution in [0, 0.1) is 0 Å². The van der Waals surface area contributed by atoms with Crippen molar-refractivity contribution in [1.82, 2.24) is 0 Å². The van der Waals surface area contributed by atoms with Gasteiger partial charge in [-0.2, -0.15) is 0 Å². The van der Waals surface area contributed by atoms with E-state index in [1.165, 1.54) is 19.3 Å². The molecule has 7 heteroatoms. The maximum atomic E-state index is 11.0. The molecule has 0 bridgehead atoms. The molecule has 6 nitrogen and oxygen atoms in total. The third kappa shape index (κ3) is 4.24. The summed E-state index contributed by atoms with van der Waals surface area (Å²) < 4.78 is 14.6. The second kappa shape index (κ2) is 6.46. The van der Waals surface area contributed by atoms with Crippen LogP contribution in [0.2, 0.25) is 0 Å². The standard InChI is InChI=1S/C10H13ClO6/c1-6(12)16-5-8-10(14)7(2-3-15-8)17-9(13)4-11/h2-3,7-8,10,14H,4-5H2,1H3/t7-,8-,10+/m1/s1. The van der Waals surface area contributed by atoms with E-state index in [-0.39, 0.29) is 12.5 Å². The van der Waals surface area contributed by atoms with E-state index in [1.54, 1.807) is 0 Å². The molecule has 1 rings (SSSR count). The highest BCUT2D eigenvalue weighted by atomic mass is 35.5. The minimum absolute atomic E-state index is 0.115. The molecular formula is C10H13ClO6. The van der Waals surface area contributed by atoms with Crippen molar-refractivity contribution in [2.24, 2.45) is 0 Å². The SMILES string of the molecule is CC(=O)OC[C@H]1OC=C[C@@H](OC(=O)CCl)[C@@H]1O. The summed E-state index contributed by atoms with van der Waals surface area (Å²) in [4.78, 5) is 21.6. The second-order valence-corrected chi connectivity index (χ2v) is 3.65. The molecule has 0 aromatic carbocycles. The zero-order valence-electron chi connectivity index (χ0n) is 9.17. The van der Waals surface area contributed by atoms with E-state index in [9.17, 15) is 14.7 Å². The fourth-order valence-corrected chi connectivity index (χ4v) is 1.32. The molecule has 96 valence electrons. The Bertz CT molecular complexity index is 316. The Hall–Kier alpha value is -1.27. The number of alkyl halides is 1. The Morgan fingerprint density at radius 1 is 1.53 bits per heavy atom. The van der Waals surface area contributed by atoms with Crippen LogP contribution in [-0.4, -0.2) is 47.8 Å². The number of carbonyl (C=O) groups is 2. The molecule has 0 amide bonds. The molecule has 0 unspecified atom stereocenters. The van der Waals surface area contributed by atoms with Gasteiger partial charge in [0.15, 0.2) is 12.2 Å². The molecule has 0 saturated heterocycles. The van der Waals surface area contributed by atoms with Crippen molar-refractivity contribution in [3.05, 3.63) is 12.3 Å². The van der Waals surface area contributed by atoms with Crippen LogP contribution in [0.4, 0.5) is 0 Å². The average molecular weight is 265 g/mol. The summed E-state index contributed by atoms with van der Waals surface area (Å²) >= 11 is 5.28. The van der Waals surface area contributed by atoms with Gasteiger partial charge in [0.2, 0.25) is 0 Å². The number of ether oxygens (including phenoxy) is 3. The first-order valence-electron chi connectivity index (χ1n) is 4.93. The van der Waals surface area contributed by atoms with Gasteiger partial charge >= 0.3 is 11.9 Å². The number of hydrogen-bond acceptors (Lipinski definition) is 6. The van der Waals surface area contributed by atoms with Crippen LogP contribution in [0.3, 0.4) is 0 Å². The van der Waals surface area contributed by atoms with Gasteiger partial charge in [0.25, 0.3) is 0 Å². The van der Waals surface area contributed by atoms with Crippen LogP contribution in [0.5, 0.6) is 0 Å². The van der Waals surface area contributed by atoms with Crippen molar-refractivity contribution in [3.8, 4) is 0 Å². The van der Waals surface area contributed by atoms with E-state index in [1.807, 2.05) is 0 Å². The fourth-order valence-electron chi connectivity index (χ4n) is 1.26. The molecule has 0 aliphatic carbocycles. The maximum Gasteiger partial charge on any atom is 0.321 e. The normalized spacial score (nSPS) is 27.1. The second-order valence-electron chi connectivity index (χ2n) is 3.38. The van der Waals surface area contributed by atoms with E-state index in [0.717, 1.165) is 0 Å². The van der Waals surface area contributed by atoms with Crippen LogP contribution in [0.25, 0.3) is 0 Å². The van der Waals surface area contributed by atoms with Gasteiger partial charge in [-0.1, -0.05) is 0 Å². The molecule has 0 spiro atoms. The molecule has 0 aromatic rings. The number of carbonyl (C=O) groups excluding carboxylic acids is 2. The molecule has 0 fully saturated rings. The van der Waals surface area contributed by atoms with Gasteiger partial charge in [0.1, 0.15) is 18.6 Å². The average Bonchev–Trinajstić information content (AvgIpc) is 2.30. The number of rotatable bonds is 4. The minimum atomic E-state index is -1.11. The highest BCUT2D eigenvalue weighted by molar-refractivity contribution is 6.26. The molecule has 0 aromatic heterocycles. The van der Waals surface area contributed by atoms with E-state index in [2.05, 4.69) is 0 Å². The molecule has 1 aliphatic heterocycles. The summed E-state index contributed by atoms with van der Waals surface area (Å²) in [6.45, 7) is 1.13. The first-order valence-corrected chi connectivity index (χ1v) is 5.47. The van der Waals surface area contributed by atoms with Gasteiger partial charge < -0.3 is 19.3 Å². The van der Waals surface area contributed by atoms with Gasteiger partial charge in [-0.15, -0.1) is 11.6 Å². The lowest BCUT2D eigenvalue weighted by atomic mass is 10.1. The van der Waals surface area contributed by atoms with Gasteiger partial charge in [0, 0.05) is 6.92 Å². The fraction of sp³-hybridized carbons (Fsp3) is 0.600. The molecule has 1 heterocycles. The molecule has 0 radical (unpaired) electrons. The number of aliphatic hydroxyl groups is 1. The highest BCUT2D eigenvalue weighted by Crippen LogP contribution is 2.16. The Kier molecular flexibility index (Phi) is 5.24. The Balaban J connectivity index is 2.52. The summed E-state index contributed by atoms with van der Waals surface area (Å²) in [6, 6.07) is 0. The summed E-state index contributed by atoms with van der Waals surface area (Å²) in [7, 11) is 0. The largest absolute Gasteiger partial charge is 0.492 e. The predicted octanol–water partition coefficient (Wildman–Crippen LogP) is -0.0265. The van der Waals surface area contributed by atoms with Gasteiger partial charge in [-0.25, -0.2) is 0 Å². The lowest BCUT2D eigenvalue weighted by Gasteiger charge is -2.30. The van der Waals surface area contributed by atoms with Crippen molar-refractivity contribution < 1.29 is 28.9 Å². The van der Waals surface area contributed by atoms with Crippen molar-refractivity contribution in [2.75, 3.05) is 12.5 Å². The van der Waals surface area contributed by atoms with Crippen LogP contribution in [0.1, 0.15) is 6.92 Å². The molecule has 1 N–H and O–H groups in total. The molecule has 1 aliphatic rings. The minimum Gasteiger partial charge on any atom is -0.492 e. The van der Waals surface area contributed by atoms with Crippen LogP contribution < -0.4 is 0 Å². The zero-order valence-corrected chi connectivity index (χ0v) is 9.92. The molecule has 0 saturated carbocycles. The lowest BCUT2D eigenvalue weighted by molar-refractivity contribution is -0.162. The van der Waals surface area contributed by atoms with Crippen LogP contribution in [0.15, 0.2) is 12.3 Å². The molecular weight excluding hydrogens is 252 g/mol. The topological polar surface area (TPSA) is 82.1 Å². The number of aliphatic hydroxyl groups excluding tert-OH is 1. The summed E-state index contributed by atoms with van der Waals surface area (Å²) in [6.07, 6.45) is -0.0500. The van der Waals surface area contributed by atoms with Crippen LogP contribution in [-0.2, 0) is 23.8 Å². The maximum absolute atomic E-state index is 11.0. The quantitative estimate of drug-likeness (QED) is 0.567. The zero-order chi connectivity index (χ0) is 12.8. The van der Waals surface area contributed by atoms with Gasteiger partial charge in [-0.05, 0) is 6.08 Å². The lowest BCUT2D eigenvalue weighted by Crippen LogP contribution is -2.45. The van der Waals surface area contributed by atoms with E-state index >= 15 is 0 Å². The molecule has 17 heavy (non-hydrogen) atoms. The van der Waals surface area contributed by atoms with Gasteiger partial charge in [-0.3, -0.25) is 9.59 Å². The third-order valence-electron chi connectivity index (χ3n) is 2.07. The number of halogens is 1. The van der Waals surface area contributed by atoms with Crippen molar-refractivity contribution >= 4 is 23.5 Å². The third-order valence-corrected chi connectivity index (χ3v) is 2.28. The highest BCUT2D eigenvalue weighted by Gasteiger charge is 2.33. The van der Waals surface area contributed by atoms with Crippen molar-refractivity contribution in [3.63, 3.8) is 0 Å². The first-order chi connectivity index (χ1) is 8.04.